The van der Waals surface area contributed by atoms with Crippen LogP contribution in [0.2, 0.25) is 0 Å². The fourth-order valence-electron chi connectivity index (χ4n) is 5.01. The van der Waals surface area contributed by atoms with Gasteiger partial charge in [-0.05, 0) is 24.1 Å². The lowest BCUT2D eigenvalue weighted by atomic mass is 9.92. The van der Waals surface area contributed by atoms with Gasteiger partial charge in [-0.25, -0.2) is 4.79 Å². The van der Waals surface area contributed by atoms with Gasteiger partial charge in [0, 0.05) is 31.6 Å². The smallest absolute Gasteiger partial charge is 0.432 e. The van der Waals surface area contributed by atoms with Crippen LogP contribution in [0, 0.1) is 0 Å². The number of amides is 2. The van der Waals surface area contributed by atoms with E-state index in [-0.39, 0.29) is 30.4 Å². The third kappa shape index (κ3) is 5.42. The molecule has 40 heavy (non-hydrogen) atoms. The van der Waals surface area contributed by atoms with Crippen molar-refractivity contribution in [1.29, 1.82) is 0 Å². The van der Waals surface area contributed by atoms with Gasteiger partial charge in [0.2, 0.25) is 0 Å². The highest BCUT2D eigenvalue weighted by atomic mass is 19.4. The summed E-state index contributed by atoms with van der Waals surface area (Å²) in [6, 6.07) is 21.1. The molecule has 4 rings (SSSR count). The van der Waals surface area contributed by atoms with Crippen molar-refractivity contribution in [3.63, 3.8) is 0 Å². The Morgan fingerprint density at radius 1 is 0.900 bits per heavy atom. The quantitative estimate of drug-likeness (QED) is 0.169. The molecule has 0 unspecified atom stereocenters. The molecular formula is C31H28F3NO5. The predicted octanol–water partition coefficient (Wildman–Crippen LogP) is 5.88. The number of hydrogen-bond donors (Lipinski definition) is 0. The topological polar surface area (TPSA) is 72.9 Å². The molecule has 0 fully saturated rings. The van der Waals surface area contributed by atoms with Crippen molar-refractivity contribution in [2.45, 2.75) is 43.2 Å². The van der Waals surface area contributed by atoms with Crippen LogP contribution in [-0.2, 0) is 26.3 Å². The molecule has 9 heteroatoms. The first-order valence-electron chi connectivity index (χ1n) is 12.6. The maximum atomic E-state index is 14.5. The molecule has 0 spiro atoms. The van der Waals surface area contributed by atoms with Gasteiger partial charge in [0.05, 0.1) is 11.1 Å². The molecule has 0 aromatic heterocycles. The van der Waals surface area contributed by atoms with Gasteiger partial charge in [-0.15, -0.1) is 6.58 Å². The van der Waals surface area contributed by atoms with Crippen molar-refractivity contribution in [2.24, 2.45) is 0 Å². The highest BCUT2D eigenvalue weighted by molar-refractivity contribution is 6.21. The summed E-state index contributed by atoms with van der Waals surface area (Å²) in [6.45, 7) is 3.66. The zero-order valence-corrected chi connectivity index (χ0v) is 21.8. The first-order chi connectivity index (χ1) is 19.1. The van der Waals surface area contributed by atoms with E-state index in [0.717, 1.165) is 29.7 Å². The zero-order chi connectivity index (χ0) is 28.9. The van der Waals surface area contributed by atoms with Crippen LogP contribution in [0.25, 0.3) is 0 Å². The molecule has 0 aliphatic carbocycles. The molecule has 0 saturated carbocycles. The largest absolute Gasteiger partial charge is 0.459 e. The summed E-state index contributed by atoms with van der Waals surface area (Å²) in [6.07, 6.45) is -4.83. The number of ether oxygens (including phenoxy) is 2. The lowest BCUT2D eigenvalue weighted by Crippen LogP contribution is -2.53. The van der Waals surface area contributed by atoms with Crippen LogP contribution in [0.5, 0.6) is 0 Å². The number of rotatable bonds is 11. The van der Waals surface area contributed by atoms with Crippen molar-refractivity contribution >= 4 is 17.8 Å². The summed E-state index contributed by atoms with van der Waals surface area (Å²) < 4.78 is 53.7. The third-order valence-electron chi connectivity index (χ3n) is 6.92. The Labute approximate surface area is 230 Å². The van der Waals surface area contributed by atoms with E-state index in [2.05, 4.69) is 6.58 Å². The molecule has 1 aliphatic rings. The van der Waals surface area contributed by atoms with E-state index in [0.29, 0.717) is 0 Å². The number of alkyl halides is 3. The Kier molecular flexibility index (Phi) is 8.54. The van der Waals surface area contributed by atoms with Gasteiger partial charge < -0.3 is 9.47 Å². The SMILES string of the molecule is C=CC[C@H](C[C@H](Cc1ccccc1)N1C(=O)c2ccccc2C1=O)OC(=O)[C@](OC)(c1ccccc1)C(F)(F)F. The van der Waals surface area contributed by atoms with Gasteiger partial charge in [0.15, 0.2) is 0 Å². The number of fused-ring (bicyclic) bond motifs is 1. The molecule has 0 saturated heterocycles. The molecule has 0 bridgehead atoms. The maximum Gasteiger partial charge on any atom is 0.432 e. The summed E-state index contributed by atoms with van der Waals surface area (Å²) >= 11 is 0. The average Bonchev–Trinajstić information content (AvgIpc) is 3.19. The molecule has 1 heterocycles. The summed E-state index contributed by atoms with van der Waals surface area (Å²) in [7, 11) is 0.793. The van der Waals surface area contributed by atoms with E-state index >= 15 is 0 Å². The lowest BCUT2D eigenvalue weighted by Gasteiger charge is -2.35. The Balaban J connectivity index is 1.68. The van der Waals surface area contributed by atoms with E-state index in [1.165, 1.54) is 24.3 Å². The molecule has 208 valence electrons. The summed E-state index contributed by atoms with van der Waals surface area (Å²) in [4.78, 5) is 41.1. The Hall–Kier alpha value is -4.24. The second-order valence-electron chi connectivity index (χ2n) is 9.41. The van der Waals surface area contributed by atoms with E-state index in [1.807, 2.05) is 18.2 Å². The number of halogens is 3. The van der Waals surface area contributed by atoms with Crippen LogP contribution >= 0.6 is 0 Å². The minimum absolute atomic E-state index is 0.0212. The van der Waals surface area contributed by atoms with E-state index in [4.69, 9.17) is 9.47 Å². The normalized spacial score (nSPS) is 16.1. The maximum absolute atomic E-state index is 14.5. The highest BCUT2D eigenvalue weighted by Gasteiger charge is 2.64. The average molecular weight is 552 g/mol. The molecule has 0 N–H and O–H groups in total. The third-order valence-corrected chi connectivity index (χ3v) is 6.92. The molecule has 2 amide bonds. The molecule has 3 atom stereocenters. The molecule has 3 aromatic carbocycles. The summed E-state index contributed by atoms with van der Waals surface area (Å²) in [5, 5.41) is 0. The minimum Gasteiger partial charge on any atom is -0.459 e. The highest BCUT2D eigenvalue weighted by Crippen LogP contribution is 2.43. The Morgan fingerprint density at radius 2 is 1.43 bits per heavy atom. The number of imide groups is 1. The van der Waals surface area contributed by atoms with Crippen molar-refractivity contribution < 1.29 is 37.0 Å². The van der Waals surface area contributed by atoms with Gasteiger partial charge >= 0.3 is 12.1 Å². The molecule has 1 aliphatic heterocycles. The van der Waals surface area contributed by atoms with Crippen LogP contribution in [0.15, 0.2) is 97.6 Å². The van der Waals surface area contributed by atoms with Crippen molar-refractivity contribution in [3.8, 4) is 0 Å². The van der Waals surface area contributed by atoms with Gasteiger partial charge in [0.1, 0.15) is 6.10 Å². The Morgan fingerprint density at radius 3 is 1.93 bits per heavy atom. The minimum atomic E-state index is -5.15. The van der Waals surface area contributed by atoms with Crippen LogP contribution < -0.4 is 0 Å². The first-order valence-corrected chi connectivity index (χ1v) is 12.6. The van der Waals surface area contributed by atoms with Crippen LogP contribution in [0.3, 0.4) is 0 Å². The number of carbonyl (C=O) groups is 3. The lowest BCUT2D eigenvalue weighted by molar-refractivity contribution is -0.278. The second kappa shape index (κ2) is 11.9. The van der Waals surface area contributed by atoms with Crippen LogP contribution in [-0.4, -0.2) is 48.1 Å². The van der Waals surface area contributed by atoms with Crippen LogP contribution in [0.1, 0.15) is 44.7 Å². The Bertz CT molecular complexity index is 1340. The van der Waals surface area contributed by atoms with Gasteiger partial charge in [-0.1, -0.05) is 78.9 Å². The van der Waals surface area contributed by atoms with E-state index in [1.54, 1.807) is 36.4 Å². The fraction of sp³-hybridized carbons (Fsp3) is 0.258. The number of benzene rings is 3. The van der Waals surface area contributed by atoms with E-state index < -0.39 is 47.3 Å². The zero-order valence-electron chi connectivity index (χ0n) is 21.8. The van der Waals surface area contributed by atoms with Crippen LogP contribution in [0.4, 0.5) is 13.2 Å². The monoisotopic (exact) mass is 551 g/mol. The number of carbonyl (C=O) groups excluding carboxylic acids is 3. The fourth-order valence-corrected chi connectivity index (χ4v) is 5.01. The number of nitrogens with zero attached hydrogens (tertiary/aromatic N) is 1. The summed E-state index contributed by atoms with van der Waals surface area (Å²) in [5.74, 6) is -2.69. The first kappa shape index (κ1) is 28.8. The number of hydrogen-bond acceptors (Lipinski definition) is 5. The standard InChI is InChI=1S/C31H28F3NO5/c1-3-12-24(40-29(38)30(39-2,31(32,33)34)22-15-8-5-9-16-22)20-23(19-21-13-6-4-7-14-21)35-27(36)25-17-10-11-18-26(25)28(35)37/h3-11,13-18,23-24H,1,12,19-20H2,2H3/t23-,24+,30+/m0/s1. The second-order valence-corrected chi connectivity index (χ2v) is 9.41. The van der Waals surface area contributed by atoms with Crippen molar-refractivity contribution in [2.75, 3.05) is 7.11 Å². The molecule has 6 nitrogen and oxygen atoms in total. The van der Waals surface area contributed by atoms with Gasteiger partial charge in [0.25, 0.3) is 17.4 Å². The predicted molar refractivity (Wildman–Crippen MR) is 141 cm³/mol. The van der Waals surface area contributed by atoms with E-state index in [9.17, 15) is 27.6 Å². The summed E-state index contributed by atoms with van der Waals surface area (Å²) in [5.41, 5.74) is -2.55. The van der Waals surface area contributed by atoms with Gasteiger partial charge in [-0.3, -0.25) is 14.5 Å². The van der Waals surface area contributed by atoms with Gasteiger partial charge in [-0.2, -0.15) is 13.2 Å². The molecule has 3 aromatic rings. The molecular weight excluding hydrogens is 523 g/mol. The van der Waals surface area contributed by atoms with Crippen molar-refractivity contribution in [3.05, 3.63) is 120 Å². The number of methoxy groups -OCH3 is 1. The number of esters is 1. The molecule has 0 radical (unpaired) electrons. The van der Waals surface area contributed by atoms with Crippen molar-refractivity contribution in [1.82, 2.24) is 4.90 Å².